The molecule has 0 saturated carbocycles. The van der Waals surface area contributed by atoms with Crippen molar-refractivity contribution in [2.45, 2.75) is 33.2 Å². The maximum absolute atomic E-state index is 13.4. The Morgan fingerprint density at radius 3 is 2.69 bits per heavy atom. The van der Waals surface area contributed by atoms with Crippen molar-refractivity contribution < 1.29 is 17.9 Å². The second kappa shape index (κ2) is 9.35. The minimum atomic E-state index is -3.22. The number of hydrogen-bond acceptors (Lipinski definition) is 7. The molecule has 1 unspecified atom stereocenters. The lowest BCUT2D eigenvalue weighted by molar-refractivity contribution is -0.117. The molecular formula is C25H24N4O5S. The number of benzene rings is 1. The second-order valence-corrected chi connectivity index (χ2v) is 10.9. The minimum absolute atomic E-state index is 0.0211. The van der Waals surface area contributed by atoms with Crippen LogP contribution in [0.5, 0.6) is 11.6 Å². The summed E-state index contributed by atoms with van der Waals surface area (Å²) >= 11 is 0. The molecule has 3 heterocycles. The number of carbonyl (C=O) groups is 1. The van der Waals surface area contributed by atoms with Crippen molar-refractivity contribution in [2.24, 2.45) is 0 Å². The van der Waals surface area contributed by atoms with E-state index in [1.54, 1.807) is 18.3 Å². The SMILES string of the molecule is Cc1ccc(Oc2nc3c(C)cccn3c(=O)c2/C=C(\C#N)C(=O)NC2CCS(=O)(=O)C2)c(C)c1. The number of carbonyl (C=O) groups excluding carboxylic acids is 1. The first-order valence-electron chi connectivity index (χ1n) is 11.0. The largest absolute Gasteiger partial charge is 0.438 e. The summed E-state index contributed by atoms with van der Waals surface area (Å²) in [4.78, 5) is 30.7. The van der Waals surface area contributed by atoms with E-state index in [-0.39, 0.29) is 34.9 Å². The molecule has 1 aliphatic heterocycles. The topological polar surface area (TPSA) is 131 Å². The molecule has 1 N–H and O–H groups in total. The van der Waals surface area contributed by atoms with Crippen molar-refractivity contribution in [3.8, 4) is 17.7 Å². The number of nitriles is 1. The van der Waals surface area contributed by atoms with Gasteiger partial charge >= 0.3 is 0 Å². The lowest BCUT2D eigenvalue weighted by Gasteiger charge is -2.14. The Balaban J connectivity index is 1.81. The summed E-state index contributed by atoms with van der Waals surface area (Å²) in [5.74, 6) is -0.527. The molecule has 0 spiro atoms. The number of aryl methyl sites for hydroxylation is 3. The molecule has 1 aliphatic rings. The van der Waals surface area contributed by atoms with Gasteiger partial charge < -0.3 is 10.1 Å². The summed E-state index contributed by atoms with van der Waals surface area (Å²) in [6, 6.07) is 10.3. The van der Waals surface area contributed by atoms with Crippen molar-refractivity contribution in [2.75, 3.05) is 11.5 Å². The Morgan fingerprint density at radius 1 is 1.26 bits per heavy atom. The Labute approximate surface area is 202 Å². The van der Waals surface area contributed by atoms with Crippen LogP contribution in [0.15, 0.2) is 46.9 Å². The van der Waals surface area contributed by atoms with Crippen molar-refractivity contribution >= 4 is 27.5 Å². The van der Waals surface area contributed by atoms with Crippen LogP contribution in [0.4, 0.5) is 0 Å². The fraction of sp³-hybridized carbons (Fsp3) is 0.280. The first-order valence-corrected chi connectivity index (χ1v) is 12.8. The molecule has 4 rings (SSSR count). The quantitative estimate of drug-likeness (QED) is 0.428. The highest BCUT2D eigenvalue weighted by atomic mass is 32.2. The number of aromatic nitrogens is 2. The summed E-state index contributed by atoms with van der Waals surface area (Å²) in [6.45, 7) is 5.62. The molecule has 1 atom stereocenters. The number of pyridine rings is 1. The number of ether oxygens (including phenoxy) is 1. The van der Waals surface area contributed by atoms with Gasteiger partial charge in [-0.15, -0.1) is 0 Å². The van der Waals surface area contributed by atoms with E-state index in [0.717, 1.165) is 22.8 Å². The third-order valence-electron chi connectivity index (χ3n) is 5.81. The fourth-order valence-electron chi connectivity index (χ4n) is 3.98. The van der Waals surface area contributed by atoms with Crippen LogP contribution in [-0.2, 0) is 14.6 Å². The summed E-state index contributed by atoms with van der Waals surface area (Å²) in [7, 11) is -3.22. The number of hydrogen-bond donors (Lipinski definition) is 1. The first kappa shape index (κ1) is 24.2. The second-order valence-electron chi connectivity index (χ2n) is 8.63. The van der Waals surface area contributed by atoms with Crippen molar-refractivity contribution in [3.05, 3.63) is 74.7 Å². The highest BCUT2D eigenvalue weighted by Crippen LogP contribution is 2.28. The zero-order valence-electron chi connectivity index (χ0n) is 19.5. The van der Waals surface area contributed by atoms with Crippen molar-refractivity contribution in [1.82, 2.24) is 14.7 Å². The lowest BCUT2D eigenvalue weighted by atomic mass is 10.1. The molecule has 0 bridgehead atoms. The predicted octanol–water partition coefficient (Wildman–Crippen LogP) is 2.62. The van der Waals surface area contributed by atoms with Crippen LogP contribution in [0.25, 0.3) is 11.7 Å². The van der Waals surface area contributed by atoms with Gasteiger partial charge in [-0.05, 0) is 56.5 Å². The van der Waals surface area contributed by atoms with Crippen LogP contribution in [0.3, 0.4) is 0 Å². The van der Waals surface area contributed by atoms with Gasteiger partial charge in [0, 0.05) is 12.2 Å². The standard InChI is InChI=1S/C25H24N4O5S/c1-15-6-7-21(17(3)11-15)34-24-20(25(31)29-9-4-5-16(2)22(29)28-24)12-18(13-26)23(30)27-19-8-10-35(32,33)14-19/h4-7,9,11-12,19H,8,10,14H2,1-3H3,(H,27,30)/b18-12+. The first-order chi connectivity index (χ1) is 16.6. The number of sulfone groups is 1. The van der Waals surface area contributed by atoms with Gasteiger partial charge in [-0.3, -0.25) is 14.0 Å². The van der Waals surface area contributed by atoms with Gasteiger partial charge in [0.2, 0.25) is 5.88 Å². The van der Waals surface area contributed by atoms with E-state index in [2.05, 4.69) is 10.3 Å². The maximum Gasteiger partial charge on any atom is 0.269 e. The Morgan fingerprint density at radius 2 is 2.03 bits per heavy atom. The average molecular weight is 493 g/mol. The number of nitrogens with one attached hydrogen (secondary N) is 1. The fourth-order valence-corrected chi connectivity index (χ4v) is 5.65. The van der Waals surface area contributed by atoms with E-state index < -0.39 is 27.3 Å². The summed E-state index contributed by atoms with van der Waals surface area (Å²) < 4.78 is 30.8. The number of amides is 1. The van der Waals surface area contributed by atoms with Crippen LogP contribution < -0.4 is 15.6 Å². The Hall–Kier alpha value is -3.97. The third kappa shape index (κ3) is 5.10. The Bertz CT molecular complexity index is 1580. The van der Waals surface area contributed by atoms with Gasteiger partial charge in [-0.2, -0.15) is 10.2 Å². The van der Waals surface area contributed by atoms with Gasteiger partial charge in [0.05, 0.1) is 11.5 Å². The maximum atomic E-state index is 13.4. The highest BCUT2D eigenvalue weighted by molar-refractivity contribution is 7.91. The third-order valence-corrected chi connectivity index (χ3v) is 7.58. The van der Waals surface area contributed by atoms with Crippen LogP contribution in [0, 0.1) is 32.1 Å². The van der Waals surface area contributed by atoms with Crippen LogP contribution in [-0.4, -0.2) is 41.3 Å². The van der Waals surface area contributed by atoms with Gasteiger partial charge in [0.1, 0.15) is 28.6 Å². The van der Waals surface area contributed by atoms with E-state index in [4.69, 9.17) is 4.74 Å². The molecule has 1 aromatic carbocycles. The normalized spacial score (nSPS) is 17.2. The molecule has 180 valence electrons. The lowest BCUT2D eigenvalue weighted by Crippen LogP contribution is -2.36. The predicted molar refractivity (Wildman–Crippen MR) is 131 cm³/mol. The average Bonchev–Trinajstić information content (AvgIpc) is 3.14. The van der Waals surface area contributed by atoms with E-state index >= 15 is 0 Å². The minimum Gasteiger partial charge on any atom is -0.438 e. The van der Waals surface area contributed by atoms with E-state index in [0.29, 0.717) is 11.4 Å². The number of fused-ring (bicyclic) bond motifs is 1. The van der Waals surface area contributed by atoms with Crippen LogP contribution in [0.1, 0.15) is 28.7 Å². The molecule has 1 amide bonds. The van der Waals surface area contributed by atoms with Gasteiger partial charge in [0.15, 0.2) is 9.84 Å². The number of nitrogens with zero attached hydrogens (tertiary/aromatic N) is 3. The van der Waals surface area contributed by atoms with E-state index in [1.165, 1.54) is 4.40 Å². The van der Waals surface area contributed by atoms with Crippen LogP contribution in [0.2, 0.25) is 0 Å². The molecule has 3 aromatic rings. The zero-order valence-corrected chi connectivity index (χ0v) is 20.3. The summed E-state index contributed by atoms with van der Waals surface area (Å²) in [5.41, 5.74) is 2.05. The summed E-state index contributed by atoms with van der Waals surface area (Å²) in [5, 5.41) is 12.2. The molecule has 10 heteroatoms. The molecule has 1 fully saturated rings. The monoisotopic (exact) mass is 492 g/mol. The molecule has 0 aliphatic carbocycles. The van der Waals surface area contributed by atoms with Gasteiger partial charge in [-0.25, -0.2) is 8.42 Å². The van der Waals surface area contributed by atoms with E-state index in [9.17, 15) is 23.3 Å². The van der Waals surface area contributed by atoms with Gasteiger partial charge in [0.25, 0.3) is 11.5 Å². The smallest absolute Gasteiger partial charge is 0.269 e. The van der Waals surface area contributed by atoms with Crippen LogP contribution >= 0.6 is 0 Å². The molecule has 35 heavy (non-hydrogen) atoms. The molecular weight excluding hydrogens is 468 g/mol. The summed E-state index contributed by atoms with van der Waals surface area (Å²) in [6.07, 6.45) is 2.96. The van der Waals surface area contributed by atoms with Crippen molar-refractivity contribution in [3.63, 3.8) is 0 Å². The molecule has 0 radical (unpaired) electrons. The molecule has 1 saturated heterocycles. The van der Waals surface area contributed by atoms with E-state index in [1.807, 2.05) is 45.0 Å². The zero-order chi connectivity index (χ0) is 25.3. The Kier molecular flexibility index (Phi) is 6.45. The molecule has 9 nitrogen and oxygen atoms in total. The van der Waals surface area contributed by atoms with Gasteiger partial charge in [-0.1, -0.05) is 23.8 Å². The highest BCUT2D eigenvalue weighted by Gasteiger charge is 2.30. The number of rotatable bonds is 5. The van der Waals surface area contributed by atoms with Crippen molar-refractivity contribution in [1.29, 1.82) is 5.26 Å². The molecule has 2 aromatic heterocycles.